The van der Waals surface area contributed by atoms with Crippen LogP contribution in [0.2, 0.25) is 5.02 Å². The van der Waals surface area contributed by atoms with Crippen molar-refractivity contribution < 1.29 is 22.7 Å². The maximum absolute atomic E-state index is 13.8. The SMILES string of the molecule is CCc1nc(NCN2C(=O)C(=Nc3ccc(S(=O)(=O)Nc4ncnc(OC)c4OC)cc3)c3cc(C)ccc32)nc(N)c1-c1ccc(Cl)cc1. The molecule has 50 heavy (non-hydrogen) atoms. The van der Waals surface area contributed by atoms with Crippen molar-refractivity contribution in [2.45, 2.75) is 25.2 Å². The molecule has 0 unspecified atom stereocenters. The molecule has 1 aliphatic rings. The van der Waals surface area contributed by atoms with E-state index in [-0.39, 0.29) is 46.6 Å². The Kier molecular flexibility index (Phi) is 9.52. The number of hydrogen-bond donors (Lipinski definition) is 3. The standard InChI is InChI=1S/C34H32ClN9O5S/c1-5-25-27(20-7-9-21(35)10-8-20)30(36)42-34(41-25)39-18-44-26-15-6-19(2)16-24(26)28(33(44)45)40-22-11-13-23(14-12-22)50(46,47)43-31-29(48-3)32(49-4)38-17-37-31/h6-17H,5,18H2,1-4H3,(H,37,38,43)(H3,36,39,41,42). The number of sulfonamides is 1. The van der Waals surface area contributed by atoms with Gasteiger partial charge in [0.05, 0.1) is 42.9 Å². The van der Waals surface area contributed by atoms with Gasteiger partial charge in [0.15, 0.2) is 5.82 Å². The third-order valence-corrected chi connectivity index (χ3v) is 9.42. The molecule has 3 heterocycles. The van der Waals surface area contributed by atoms with Crippen molar-refractivity contribution in [3.8, 4) is 22.8 Å². The van der Waals surface area contributed by atoms with Gasteiger partial charge in [-0.25, -0.2) is 23.4 Å². The molecular weight excluding hydrogens is 682 g/mol. The number of methoxy groups -OCH3 is 2. The molecule has 0 atom stereocenters. The first-order chi connectivity index (χ1) is 24.0. The zero-order valence-electron chi connectivity index (χ0n) is 27.4. The molecule has 3 aromatic carbocycles. The van der Waals surface area contributed by atoms with E-state index in [9.17, 15) is 13.2 Å². The second-order valence-corrected chi connectivity index (χ2v) is 13.1. The van der Waals surface area contributed by atoms with Gasteiger partial charge in [0.25, 0.3) is 21.8 Å². The molecular formula is C34H32ClN9O5S. The quantitative estimate of drug-likeness (QED) is 0.159. The number of carbonyl (C=O) groups excluding carboxylic acids is 1. The Balaban J connectivity index is 1.24. The molecule has 5 aromatic rings. The zero-order valence-corrected chi connectivity index (χ0v) is 29.0. The lowest BCUT2D eigenvalue weighted by Crippen LogP contribution is -2.35. The summed E-state index contributed by atoms with van der Waals surface area (Å²) in [5.41, 5.74) is 11.5. The van der Waals surface area contributed by atoms with Crippen molar-refractivity contribution in [2.24, 2.45) is 4.99 Å². The van der Waals surface area contributed by atoms with E-state index in [0.29, 0.717) is 34.2 Å². The van der Waals surface area contributed by atoms with Crippen LogP contribution in [0.25, 0.3) is 11.1 Å². The molecule has 14 nitrogen and oxygen atoms in total. The van der Waals surface area contributed by atoms with Crippen LogP contribution in [-0.4, -0.2) is 60.9 Å². The lowest BCUT2D eigenvalue weighted by atomic mass is 10.0. The number of rotatable bonds is 11. The van der Waals surface area contributed by atoms with Crippen LogP contribution in [0, 0.1) is 6.92 Å². The summed E-state index contributed by atoms with van der Waals surface area (Å²) >= 11 is 6.07. The molecule has 0 fully saturated rings. The van der Waals surface area contributed by atoms with Gasteiger partial charge in [-0.1, -0.05) is 42.3 Å². The number of nitrogens with two attached hydrogens (primary N) is 1. The number of amides is 1. The van der Waals surface area contributed by atoms with Gasteiger partial charge < -0.3 is 20.5 Å². The number of nitrogen functional groups attached to an aromatic ring is 1. The minimum atomic E-state index is -4.08. The molecule has 0 bridgehead atoms. The van der Waals surface area contributed by atoms with Gasteiger partial charge in [-0.15, -0.1) is 0 Å². The number of carbonyl (C=O) groups is 1. The number of aliphatic imine (C=N–C) groups is 1. The average Bonchev–Trinajstić information content (AvgIpc) is 3.36. The van der Waals surface area contributed by atoms with Crippen LogP contribution in [0.3, 0.4) is 0 Å². The highest BCUT2D eigenvalue weighted by Gasteiger charge is 2.34. The van der Waals surface area contributed by atoms with Crippen molar-refractivity contribution in [3.05, 3.63) is 94.9 Å². The van der Waals surface area contributed by atoms with E-state index in [0.717, 1.165) is 28.7 Å². The lowest BCUT2D eigenvalue weighted by Gasteiger charge is -2.19. The number of fused-ring (bicyclic) bond motifs is 1. The van der Waals surface area contributed by atoms with E-state index in [1.54, 1.807) is 12.1 Å². The average molecular weight is 714 g/mol. The predicted molar refractivity (Wildman–Crippen MR) is 192 cm³/mol. The molecule has 0 aliphatic carbocycles. The van der Waals surface area contributed by atoms with Gasteiger partial charge in [0.2, 0.25) is 11.7 Å². The summed E-state index contributed by atoms with van der Waals surface area (Å²) in [5.74, 6) is 0.226. The largest absolute Gasteiger partial charge is 0.489 e. The van der Waals surface area contributed by atoms with E-state index in [4.69, 9.17) is 26.8 Å². The van der Waals surface area contributed by atoms with Gasteiger partial charge >= 0.3 is 0 Å². The monoisotopic (exact) mass is 713 g/mol. The van der Waals surface area contributed by atoms with E-state index < -0.39 is 10.0 Å². The van der Waals surface area contributed by atoms with Crippen LogP contribution in [0.1, 0.15) is 23.7 Å². The number of halogens is 1. The fourth-order valence-corrected chi connectivity index (χ4v) is 6.55. The van der Waals surface area contributed by atoms with Crippen molar-refractivity contribution in [1.82, 2.24) is 19.9 Å². The number of hydrogen-bond acceptors (Lipinski definition) is 12. The first kappa shape index (κ1) is 34.1. The molecule has 2 aromatic heterocycles. The minimum Gasteiger partial charge on any atom is -0.489 e. The molecule has 0 saturated heterocycles. The van der Waals surface area contributed by atoms with Crippen molar-refractivity contribution >= 4 is 62.2 Å². The third-order valence-electron chi connectivity index (χ3n) is 7.81. The van der Waals surface area contributed by atoms with Crippen LogP contribution in [0.15, 0.2) is 82.9 Å². The molecule has 6 rings (SSSR count). The molecule has 0 spiro atoms. The number of anilines is 4. The topological polar surface area (TPSA) is 187 Å². The Morgan fingerprint density at radius 2 is 1.72 bits per heavy atom. The fourth-order valence-electron chi connectivity index (χ4n) is 5.41. The molecule has 0 radical (unpaired) electrons. The highest BCUT2D eigenvalue weighted by atomic mass is 35.5. The number of ether oxygens (including phenoxy) is 2. The van der Waals surface area contributed by atoms with Crippen molar-refractivity contribution in [1.29, 1.82) is 0 Å². The van der Waals surface area contributed by atoms with E-state index in [2.05, 4.69) is 35.0 Å². The zero-order chi connectivity index (χ0) is 35.6. The van der Waals surface area contributed by atoms with Crippen LogP contribution in [-0.2, 0) is 21.2 Å². The highest BCUT2D eigenvalue weighted by molar-refractivity contribution is 7.92. The van der Waals surface area contributed by atoms with Crippen LogP contribution >= 0.6 is 11.6 Å². The Morgan fingerprint density at radius 1 is 0.980 bits per heavy atom. The fraction of sp³-hybridized carbons (Fsp3) is 0.176. The molecule has 16 heteroatoms. The summed E-state index contributed by atoms with van der Waals surface area (Å²) in [4.78, 5) is 37.0. The number of nitrogens with one attached hydrogen (secondary N) is 2. The van der Waals surface area contributed by atoms with Crippen LogP contribution in [0.5, 0.6) is 11.6 Å². The predicted octanol–water partition coefficient (Wildman–Crippen LogP) is 5.40. The molecule has 0 saturated carbocycles. The lowest BCUT2D eigenvalue weighted by molar-refractivity contribution is -0.112. The Bertz CT molecular complexity index is 2230. The van der Waals surface area contributed by atoms with E-state index in [1.165, 1.54) is 43.4 Å². The summed E-state index contributed by atoms with van der Waals surface area (Å²) in [5, 5.41) is 3.76. The molecule has 1 amide bonds. The van der Waals surface area contributed by atoms with Crippen molar-refractivity contribution in [2.75, 3.05) is 41.6 Å². The van der Waals surface area contributed by atoms with Gasteiger partial charge in [-0.2, -0.15) is 9.97 Å². The number of aromatic nitrogens is 4. The summed E-state index contributed by atoms with van der Waals surface area (Å²) < 4.78 is 39.1. The minimum absolute atomic E-state index is 0.0325. The van der Waals surface area contributed by atoms with E-state index in [1.807, 2.05) is 44.2 Å². The summed E-state index contributed by atoms with van der Waals surface area (Å²) in [6, 6.07) is 18.7. The second-order valence-electron chi connectivity index (χ2n) is 11.0. The van der Waals surface area contributed by atoms with Gasteiger partial charge in [0.1, 0.15) is 17.9 Å². The van der Waals surface area contributed by atoms with Crippen LogP contribution in [0.4, 0.5) is 29.0 Å². The van der Waals surface area contributed by atoms with Gasteiger partial charge in [-0.05, 0) is 67.4 Å². The normalized spacial score (nSPS) is 13.3. The third kappa shape index (κ3) is 6.73. The van der Waals surface area contributed by atoms with E-state index >= 15 is 0 Å². The maximum Gasteiger partial charge on any atom is 0.279 e. The summed E-state index contributed by atoms with van der Waals surface area (Å²) in [6.07, 6.45) is 1.75. The second kappa shape index (κ2) is 14.0. The molecule has 1 aliphatic heterocycles. The van der Waals surface area contributed by atoms with Gasteiger partial charge in [-0.3, -0.25) is 14.4 Å². The Hall–Kier alpha value is -5.80. The number of nitrogens with zero attached hydrogens (tertiary/aromatic N) is 6. The smallest absolute Gasteiger partial charge is 0.279 e. The summed E-state index contributed by atoms with van der Waals surface area (Å²) in [7, 11) is -1.36. The number of benzene rings is 3. The van der Waals surface area contributed by atoms with Crippen molar-refractivity contribution in [3.63, 3.8) is 0 Å². The van der Waals surface area contributed by atoms with Gasteiger partial charge in [0, 0.05) is 16.1 Å². The molecule has 256 valence electrons. The molecule has 4 N–H and O–H groups in total. The van der Waals surface area contributed by atoms with Crippen LogP contribution < -0.4 is 30.1 Å². The highest BCUT2D eigenvalue weighted by Crippen LogP contribution is 2.35. The first-order valence-electron chi connectivity index (χ1n) is 15.3. The first-order valence-corrected chi connectivity index (χ1v) is 17.1. The Labute approximate surface area is 293 Å². The number of aryl methyl sites for hydroxylation is 2. The summed E-state index contributed by atoms with van der Waals surface area (Å²) in [6.45, 7) is 3.93. The Morgan fingerprint density at radius 3 is 2.40 bits per heavy atom. The maximum atomic E-state index is 13.8.